The minimum Gasteiger partial charge on any atom is -0.443 e. The lowest BCUT2D eigenvalue weighted by Crippen LogP contribution is -2.45. The lowest BCUT2D eigenvalue weighted by atomic mass is 9.96. The van der Waals surface area contributed by atoms with E-state index in [1.807, 2.05) is 0 Å². The highest BCUT2D eigenvalue weighted by Crippen LogP contribution is 2.47. The van der Waals surface area contributed by atoms with E-state index >= 15 is 0 Å². The summed E-state index contributed by atoms with van der Waals surface area (Å²) in [5, 5.41) is 7.24. The van der Waals surface area contributed by atoms with Gasteiger partial charge in [0.1, 0.15) is 15.8 Å². The first-order valence-electron chi connectivity index (χ1n) is 14.2. The number of anilines is 1. The fourth-order valence-electron chi connectivity index (χ4n) is 4.05. The third-order valence-electron chi connectivity index (χ3n) is 6.11. The van der Waals surface area contributed by atoms with Gasteiger partial charge in [-0.15, -0.1) is 16.8 Å². The smallest absolute Gasteiger partial charge is 0.426 e. The Balaban J connectivity index is 2.32. The van der Waals surface area contributed by atoms with E-state index in [9.17, 15) is 35.9 Å². The summed E-state index contributed by atoms with van der Waals surface area (Å²) in [7, 11) is 0. The van der Waals surface area contributed by atoms with E-state index < -0.39 is 87.7 Å². The Bertz CT molecular complexity index is 1590. The Hall–Kier alpha value is -3.99. The molecule has 0 saturated carbocycles. The number of hydrogen-bond acceptors (Lipinski definition) is 9. The number of aromatic nitrogens is 3. The van der Waals surface area contributed by atoms with Crippen LogP contribution in [0.15, 0.2) is 58.1 Å². The van der Waals surface area contributed by atoms with Gasteiger partial charge in [0.2, 0.25) is 5.60 Å². The molecule has 1 atom stereocenters. The van der Waals surface area contributed by atoms with Crippen molar-refractivity contribution in [1.82, 2.24) is 15.2 Å². The lowest BCUT2D eigenvalue weighted by Gasteiger charge is -2.32. The molecule has 17 heteroatoms. The van der Waals surface area contributed by atoms with Gasteiger partial charge in [-0.05, 0) is 81.9 Å². The number of allylic oxidation sites excluding steroid dienone is 1. The normalized spacial score (nSPS) is 13.9. The maximum Gasteiger partial charge on any atom is 0.426 e. The summed E-state index contributed by atoms with van der Waals surface area (Å²) < 4.78 is 108. The van der Waals surface area contributed by atoms with Gasteiger partial charge >= 0.3 is 24.5 Å². The van der Waals surface area contributed by atoms with E-state index in [2.05, 4.69) is 37.7 Å². The molecule has 0 spiro atoms. The number of imide groups is 1. The highest BCUT2D eigenvalue weighted by Gasteiger charge is 2.61. The average molecular weight is 752 g/mol. The molecule has 2 aromatic heterocycles. The molecular formula is C31H33BrF6N4O6. The van der Waals surface area contributed by atoms with E-state index in [1.54, 1.807) is 18.2 Å². The number of hydrogen-bond donors (Lipinski definition) is 0. The molecular weight excluding hydrogens is 718 g/mol. The molecule has 10 nitrogen and oxygen atoms in total. The maximum atomic E-state index is 14.9. The number of nitrogens with zero attached hydrogens (tertiary/aromatic N) is 4. The molecule has 3 rings (SSSR count). The van der Waals surface area contributed by atoms with Gasteiger partial charge in [-0.1, -0.05) is 36.4 Å². The molecule has 3 aromatic rings. The molecule has 262 valence electrons. The van der Waals surface area contributed by atoms with Crippen molar-refractivity contribution in [2.45, 2.75) is 90.1 Å². The molecule has 1 unspecified atom stereocenters. The average Bonchev–Trinajstić information content (AvgIpc) is 3.41. The van der Waals surface area contributed by atoms with E-state index in [-0.39, 0.29) is 11.3 Å². The minimum absolute atomic E-state index is 0.116. The highest BCUT2D eigenvalue weighted by atomic mass is 79.9. The number of rotatable bonds is 9. The van der Waals surface area contributed by atoms with Gasteiger partial charge in [0.15, 0.2) is 5.69 Å². The van der Waals surface area contributed by atoms with Gasteiger partial charge in [-0.2, -0.15) is 31.2 Å². The zero-order valence-corrected chi connectivity index (χ0v) is 28.3. The van der Waals surface area contributed by atoms with Crippen LogP contribution < -0.4 is 4.90 Å². The first kappa shape index (κ1) is 38.5. The largest absolute Gasteiger partial charge is 0.443 e. The van der Waals surface area contributed by atoms with Gasteiger partial charge in [0, 0.05) is 0 Å². The molecule has 0 aliphatic rings. The number of halogens is 7. The lowest BCUT2D eigenvalue weighted by molar-refractivity contribution is -0.299. The van der Waals surface area contributed by atoms with Crippen LogP contribution in [0.3, 0.4) is 0 Å². The Morgan fingerprint density at radius 1 is 0.938 bits per heavy atom. The monoisotopic (exact) mass is 750 g/mol. The van der Waals surface area contributed by atoms with E-state index in [0.29, 0.717) is 11.6 Å². The van der Waals surface area contributed by atoms with Crippen molar-refractivity contribution in [3.8, 4) is 11.6 Å². The molecule has 0 aliphatic carbocycles. The van der Waals surface area contributed by atoms with Crippen LogP contribution in [0.5, 0.6) is 0 Å². The number of pyridine rings is 1. The molecule has 0 fully saturated rings. The number of alkyl halides is 6. The standard InChI is InChI=1S/C31H33BrF6N4O6/c1-8-9-15-29(31(36,37)38,45-17-18-13-11-10-12-14-18)24-41-40-23(46-24)21-20(16-19(22(32)39-21)30(33,34)35)42(25(43)47-27(2,3)4)26(44)48-28(5,6)7/h8,10-14,16H,1,9,15,17H2,2-7H3. The van der Waals surface area contributed by atoms with Crippen LogP contribution >= 0.6 is 15.9 Å². The molecule has 2 heterocycles. The van der Waals surface area contributed by atoms with Gasteiger partial charge < -0.3 is 18.6 Å². The van der Waals surface area contributed by atoms with Crippen molar-refractivity contribution in [3.05, 3.63) is 70.7 Å². The fraction of sp³-hybridized carbons (Fsp3) is 0.452. The molecule has 2 amide bonds. The van der Waals surface area contributed by atoms with Crippen LogP contribution in [0.2, 0.25) is 0 Å². The van der Waals surface area contributed by atoms with E-state index in [0.717, 1.165) is 0 Å². The van der Waals surface area contributed by atoms with Crippen LogP contribution in [-0.2, 0) is 32.6 Å². The summed E-state index contributed by atoms with van der Waals surface area (Å²) in [5.74, 6) is -2.00. The van der Waals surface area contributed by atoms with Gasteiger partial charge in [-0.25, -0.2) is 14.6 Å². The zero-order valence-electron chi connectivity index (χ0n) is 26.8. The number of ether oxygens (including phenoxy) is 3. The molecule has 48 heavy (non-hydrogen) atoms. The molecule has 0 bridgehead atoms. The van der Waals surface area contributed by atoms with Crippen molar-refractivity contribution in [3.63, 3.8) is 0 Å². The molecule has 0 N–H and O–H groups in total. The summed E-state index contributed by atoms with van der Waals surface area (Å²) in [5.41, 5.74) is -8.55. The zero-order chi connectivity index (χ0) is 36.3. The second kappa shape index (κ2) is 14.2. The van der Waals surface area contributed by atoms with Gasteiger partial charge in [0.25, 0.3) is 11.8 Å². The number of carbonyl (C=O) groups excluding carboxylic acids is 2. The van der Waals surface area contributed by atoms with Crippen molar-refractivity contribution in [2.75, 3.05) is 4.90 Å². The summed E-state index contributed by atoms with van der Waals surface area (Å²) in [6.45, 7) is 11.5. The second-order valence-electron chi connectivity index (χ2n) is 12.3. The van der Waals surface area contributed by atoms with Crippen LogP contribution in [0.25, 0.3) is 11.6 Å². The summed E-state index contributed by atoms with van der Waals surface area (Å²) in [4.78, 5) is 30.7. The number of benzene rings is 1. The maximum absolute atomic E-state index is 14.9. The minimum atomic E-state index is -5.16. The highest BCUT2D eigenvalue weighted by molar-refractivity contribution is 9.10. The summed E-state index contributed by atoms with van der Waals surface area (Å²) >= 11 is 2.71. The SMILES string of the molecule is C=CCCC(OCc1ccccc1)(c1nnc(-c2nc(Br)c(C(F)(F)F)cc2N(C(=O)OC(C)(C)C)C(=O)OC(C)(C)C)o1)C(F)(F)F. The van der Waals surface area contributed by atoms with E-state index in [1.165, 1.54) is 59.8 Å². The Morgan fingerprint density at radius 3 is 1.98 bits per heavy atom. The first-order chi connectivity index (χ1) is 22.0. The van der Waals surface area contributed by atoms with Crippen LogP contribution in [0.1, 0.15) is 71.4 Å². The fourth-order valence-corrected chi connectivity index (χ4v) is 4.56. The summed E-state index contributed by atoms with van der Waals surface area (Å²) in [6, 6.07) is 8.27. The van der Waals surface area contributed by atoms with Crippen LogP contribution in [0.4, 0.5) is 41.6 Å². The summed E-state index contributed by atoms with van der Waals surface area (Å²) in [6.07, 6.45) is -13.0. The van der Waals surface area contributed by atoms with Crippen LogP contribution in [-0.4, -0.2) is 44.7 Å². The molecule has 0 radical (unpaired) electrons. The van der Waals surface area contributed by atoms with Gasteiger partial charge in [-0.3, -0.25) is 0 Å². The number of carbonyl (C=O) groups is 2. The second-order valence-corrected chi connectivity index (χ2v) is 13.1. The first-order valence-corrected chi connectivity index (χ1v) is 15.0. The van der Waals surface area contributed by atoms with Crippen LogP contribution in [0, 0.1) is 0 Å². The topological polar surface area (TPSA) is 117 Å². The van der Waals surface area contributed by atoms with Crippen molar-refractivity contribution in [2.24, 2.45) is 0 Å². The third-order valence-corrected chi connectivity index (χ3v) is 6.72. The van der Waals surface area contributed by atoms with E-state index in [4.69, 9.17) is 18.6 Å². The van der Waals surface area contributed by atoms with Crippen molar-refractivity contribution < 1.29 is 54.6 Å². The quantitative estimate of drug-likeness (QED) is 0.120. The predicted molar refractivity (Wildman–Crippen MR) is 164 cm³/mol. The molecule has 1 aromatic carbocycles. The Labute approximate surface area is 280 Å². The van der Waals surface area contributed by atoms with Gasteiger partial charge in [0.05, 0.1) is 17.9 Å². The van der Waals surface area contributed by atoms with Crippen molar-refractivity contribution >= 4 is 33.8 Å². The Kier molecular flexibility index (Phi) is 11.4. The molecule has 0 saturated heterocycles. The number of amides is 2. The third kappa shape index (κ3) is 9.33. The Morgan fingerprint density at radius 2 is 1.50 bits per heavy atom. The molecule has 0 aliphatic heterocycles. The predicted octanol–water partition coefficient (Wildman–Crippen LogP) is 9.53. The van der Waals surface area contributed by atoms with Crippen molar-refractivity contribution in [1.29, 1.82) is 0 Å².